The first kappa shape index (κ1) is 27.4. The summed E-state index contributed by atoms with van der Waals surface area (Å²) in [6, 6.07) is 13.5. The smallest absolute Gasteiger partial charge is 0.338 e. The molecule has 196 valence electrons. The van der Waals surface area contributed by atoms with Crippen LogP contribution in [0.4, 0.5) is 17.1 Å². The first-order chi connectivity index (χ1) is 17.3. The third-order valence-corrected chi connectivity index (χ3v) is 6.05. The van der Waals surface area contributed by atoms with Crippen LogP contribution in [0, 0.1) is 0 Å². The van der Waals surface area contributed by atoms with Crippen molar-refractivity contribution in [2.24, 2.45) is 0 Å². The minimum atomic E-state index is -0.450. The largest absolute Gasteiger partial charge is 0.466 e. The summed E-state index contributed by atoms with van der Waals surface area (Å²) in [5, 5.41) is 6.89. The first-order valence-electron chi connectivity index (χ1n) is 12.4. The number of hydrogen-bond donors (Lipinski definition) is 3. The number of carbonyl (C=O) groups excluding carboxylic acids is 2. The van der Waals surface area contributed by atoms with Gasteiger partial charge in [-0.2, -0.15) is 0 Å². The highest BCUT2D eigenvalue weighted by atomic mass is 16.6. The Morgan fingerprint density at radius 3 is 2.53 bits per heavy atom. The average molecular weight is 499 g/mol. The fourth-order valence-corrected chi connectivity index (χ4v) is 4.54. The van der Waals surface area contributed by atoms with Gasteiger partial charge < -0.3 is 30.6 Å². The number of rotatable bonds is 11. The number of methoxy groups -OCH3 is 1. The molecule has 1 aliphatic rings. The molecule has 3 atom stereocenters. The minimum absolute atomic E-state index is 0.112. The van der Waals surface area contributed by atoms with E-state index in [-0.39, 0.29) is 25.0 Å². The van der Waals surface area contributed by atoms with Crippen molar-refractivity contribution in [3.05, 3.63) is 53.6 Å². The van der Waals surface area contributed by atoms with Crippen molar-refractivity contribution >= 4 is 29.0 Å². The molecular formula is C27H38N4O5. The Balaban J connectivity index is 1.79. The lowest BCUT2D eigenvalue weighted by molar-refractivity contribution is -0.144. The molecular weight excluding hydrogens is 460 g/mol. The van der Waals surface area contributed by atoms with E-state index in [0.29, 0.717) is 42.2 Å². The Bertz CT molecular complexity index is 1020. The second-order valence-electron chi connectivity index (χ2n) is 9.13. The van der Waals surface area contributed by atoms with Gasteiger partial charge in [-0.05, 0) is 56.7 Å². The molecule has 9 nitrogen and oxygen atoms in total. The van der Waals surface area contributed by atoms with Gasteiger partial charge in [0, 0.05) is 44.0 Å². The van der Waals surface area contributed by atoms with Crippen molar-refractivity contribution in [1.82, 2.24) is 10.2 Å². The van der Waals surface area contributed by atoms with Gasteiger partial charge in [0.25, 0.3) is 0 Å². The number of ether oxygens (including phenoxy) is 3. The van der Waals surface area contributed by atoms with Gasteiger partial charge in [-0.3, -0.25) is 9.69 Å². The molecule has 0 radical (unpaired) electrons. The number of benzene rings is 2. The molecule has 0 amide bonds. The van der Waals surface area contributed by atoms with Gasteiger partial charge in [-0.15, -0.1) is 0 Å². The summed E-state index contributed by atoms with van der Waals surface area (Å²) >= 11 is 0. The summed E-state index contributed by atoms with van der Waals surface area (Å²) in [5.41, 5.74) is 9.56. The van der Waals surface area contributed by atoms with E-state index in [2.05, 4.69) is 29.4 Å². The van der Waals surface area contributed by atoms with Gasteiger partial charge >= 0.3 is 11.9 Å². The molecule has 1 saturated heterocycles. The third-order valence-electron chi connectivity index (χ3n) is 6.05. The SMILES string of the molecule is CCOC(=O)CC(c1cccc(Nc2ccc(C(=O)OCCOC)cc2N)c1)N1CC(C)NC(C)C1. The summed E-state index contributed by atoms with van der Waals surface area (Å²) < 4.78 is 15.3. The van der Waals surface area contributed by atoms with Crippen LogP contribution in [0.2, 0.25) is 0 Å². The number of nitrogen functional groups attached to an aromatic ring is 1. The van der Waals surface area contributed by atoms with Crippen LogP contribution in [-0.4, -0.2) is 68.9 Å². The summed E-state index contributed by atoms with van der Waals surface area (Å²) in [5.74, 6) is -0.662. The minimum Gasteiger partial charge on any atom is -0.466 e. The van der Waals surface area contributed by atoms with Crippen molar-refractivity contribution in [3.63, 3.8) is 0 Å². The fourth-order valence-electron chi connectivity index (χ4n) is 4.54. The maximum atomic E-state index is 12.5. The molecule has 1 heterocycles. The number of esters is 2. The van der Waals surface area contributed by atoms with Crippen LogP contribution in [0.15, 0.2) is 42.5 Å². The standard InChI is InChI=1S/C27H38N4O5/c1-5-35-26(32)15-25(31-16-18(2)29-19(3)17-31)20-7-6-8-22(13-20)30-24-10-9-21(14-23(24)28)27(33)36-12-11-34-4/h6-10,13-14,18-19,25,29-30H,5,11-12,15-17,28H2,1-4H3. The molecule has 2 aromatic rings. The van der Waals surface area contributed by atoms with Crippen molar-refractivity contribution in [1.29, 1.82) is 0 Å². The van der Waals surface area contributed by atoms with Crippen molar-refractivity contribution < 1.29 is 23.8 Å². The summed E-state index contributed by atoms with van der Waals surface area (Å²) in [6.45, 7) is 8.67. The monoisotopic (exact) mass is 498 g/mol. The third kappa shape index (κ3) is 7.68. The Morgan fingerprint density at radius 2 is 1.86 bits per heavy atom. The van der Waals surface area contributed by atoms with Crippen molar-refractivity contribution in [2.45, 2.75) is 45.3 Å². The summed E-state index contributed by atoms with van der Waals surface area (Å²) in [6.07, 6.45) is 0.277. The lowest BCUT2D eigenvalue weighted by atomic mass is 9.98. The molecule has 0 saturated carbocycles. The zero-order chi connectivity index (χ0) is 26.1. The van der Waals surface area contributed by atoms with E-state index in [0.717, 1.165) is 24.3 Å². The summed E-state index contributed by atoms with van der Waals surface area (Å²) in [7, 11) is 1.55. The highest BCUT2D eigenvalue weighted by Crippen LogP contribution is 2.31. The second-order valence-corrected chi connectivity index (χ2v) is 9.13. The Labute approximate surface area is 213 Å². The first-order valence-corrected chi connectivity index (χ1v) is 12.4. The number of carbonyl (C=O) groups is 2. The Morgan fingerprint density at radius 1 is 1.11 bits per heavy atom. The number of anilines is 3. The van der Waals surface area contributed by atoms with Gasteiger partial charge in [0.15, 0.2) is 0 Å². The highest BCUT2D eigenvalue weighted by molar-refractivity contribution is 5.92. The quantitative estimate of drug-likeness (QED) is 0.243. The molecule has 2 aromatic carbocycles. The zero-order valence-electron chi connectivity index (χ0n) is 21.6. The molecule has 1 aliphatic heterocycles. The second kappa shape index (κ2) is 13.2. The molecule has 0 bridgehead atoms. The Kier molecular flexibility index (Phi) is 10.1. The summed E-state index contributed by atoms with van der Waals surface area (Å²) in [4.78, 5) is 27.0. The zero-order valence-corrected chi connectivity index (χ0v) is 21.6. The lowest BCUT2D eigenvalue weighted by Gasteiger charge is -2.41. The van der Waals surface area contributed by atoms with Crippen molar-refractivity contribution in [2.75, 3.05) is 51.1 Å². The Hall–Kier alpha value is -3.14. The van der Waals surface area contributed by atoms with E-state index in [1.54, 1.807) is 25.3 Å². The van der Waals surface area contributed by atoms with E-state index < -0.39 is 5.97 Å². The number of piperazine rings is 1. The molecule has 0 spiro atoms. The topological polar surface area (TPSA) is 115 Å². The number of hydrogen-bond acceptors (Lipinski definition) is 9. The fraction of sp³-hybridized carbons (Fsp3) is 0.481. The molecule has 3 unspecified atom stereocenters. The van der Waals surface area contributed by atoms with Gasteiger partial charge in [-0.25, -0.2) is 4.79 Å². The van der Waals surface area contributed by atoms with E-state index in [1.165, 1.54) is 0 Å². The number of nitrogens with zero attached hydrogens (tertiary/aromatic N) is 1. The molecule has 4 N–H and O–H groups in total. The molecule has 0 aromatic heterocycles. The van der Waals surface area contributed by atoms with Crippen LogP contribution in [0.1, 0.15) is 49.2 Å². The van der Waals surface area contributed by atoms with Crippen LogP contribution in [0.5, 0.6) is 0 Å². The predicted molar refractivity (Wildman–Crippen MR) is 140 cm³/mol. The van der Waals surface area contributed by atoms with Gasteiger partial charge in [0.05, 0.1) is 36.6 Å². The van der Waals surface area contributed by atoms with Crippen molar-refractivity contribution in [3.8, 4) is 0 Å². The maximum Gasteiger partial charge on any atom is 0.338 e. The van der Waals surface area contributed by atoms with Crippen LogP contribution >= 0.6 is 0 Å². The molecule has 1 fully saturated rings. The average Bonchev–Trinajstić information content (AvgIpc) is 2.83. The molecule has 36 heavy (non-hydrogen) atoms. The van der Waals surface area contributed by atoms with E-state index in [4.69, 9.17) is 19.9 Å². The predicted octanol–water partition coefficient (Wildman–Crippen LogP) is 3.49. The molecule has 0 aliphatic carbocycles. The maximum absolute atomic E-state index is 12.5. The lowest BCUT2D eigenvalue weighted by Crippen LogP contribution is -2.55. The van der Waals surface area contributed by atoms with E-state index >= 15 is 0 Å². The van der Waals surface area contributed by atoms with Crippen LogP contribution in [0.3, 0.4) is 0 Å². The van der Waals surface area contributed by atoms with Gasteiger partial charge in [0.1, 0.15) is 6.61 Å². The van der Waals surface area contributed by atoms with Crippen LogP contribution in [-0.2, 0) is 19.0 Å². The molecule has 9 heteroatoms. The van der Waals surface area contributed by atoms with Crippen LogP contribution < -0.4 is 16.4 Å². The number of nitrogens with two attached hydrogens (primary N) is 1. The van der Waals surface area contributed by atoms with Gasteiger partial charge in [-0.1, -0.05) is 12.1 Å². The normalized spacial score (nSPS) is 18.9. The van der Waals surface area contributed by atoms with E-state index in [1.807, 2.05) is 31.2 Å². The highest BCUT2D eigenvalue weighted by Gasteiger charge is 2.30. The van der Waals surface area contributed by atoms with E-state index in [9.17, 15) is 9.59 Å². The van der Waals surface area contributed by atoms with Gasteiger partial charge in [0.2, 0.25) is 0 Å². The molecule has 3 rings (SSSR count). The number of nitrogens with one attached hydrogen (secondary N) is 2. The van der Waals surface area contributed by atoms with Crippen LogP contribution in [0.25, 0.3) is 0 Å².